The van der Waals surface area contributed by atoms with Crippen molar-refractivity contribution in [2.24, 2.45) is 5.92 Å². The monoisotopic (exact) mass is 292 g/mol. The molecule has 0 saturated carbocycles. The lowest BCUT2D eigenvalue weighted by Crippen LogP contribution is -2.33. The van der Waals surface area contributed by atoms with Crippen LogP contribution in [0.2, 0.25) is 0 Å². The molecule has 1 aromatic carbocycles. The van der Waals surface area contributed by atoms with Crippen LogP contribution in [0.25, 0.3) is 0 Å². The van der Waals surface area contributed by atoms with Gasteiger partial charge in [0.15, 0.2) is 0 Å². The summed E-state index contributed by atoms with van der Waals surface area (Å²) >= 11 is 0. The number of anilines is 1. The number of para-hydroxylation sites is 1. The van der Waals surface area contributed by atoms with Crippen LogP contribution in [0.15, 0.2) is 18.2 Å². The Balaban J connectivity index is 2.63. The van der Waals surface area contributed by atoms with Crippen molar-refractivity contribution in [3.05, 3.63) is 29.3 Å². The second kappa shape index (κ2) is 8.03. The van der Waals surface area contributed by atoms with Crippen LogP contribution in [0, 0.1) is 12.8 Å². The van der Waals surface area contributed by atoms with Gasteiger partial charge in [0.05, 0.1) is 6.10 Å². The van der Waals surface area contributed by atoms with Crippen LogP contribution in [0.5, 0.6) is 0 Å². The molecule has 0 spiro atoms. The van der Waals surface area contributed by atoms with E-state index >= 15 is 0 Å². The Kier molecular flexibility index (Phi) is 6.69. The Bertz CT molecular complexity index is 470. The lowest BCUT2D eigenvalue weighted by molar-refractivity contribution is 0.163. The zero-order chi connectivity index (χ0) is 16.0. The number of aliphatic hydroxyl groups is 1. The Labute approximate surface area is 128 Å². The highest BCUT2D eigenvalue weighted by atomic mass is 16.3. The predicted octanol–water partition coefficient (Wildman–Crippen LogP) is 3.65. The number of carbonyl (C=O) groups is 1. The molecule has 0 fully saturated rings. The molecule has 1 aromatic rings. The van der Waals surface area contributed by atoms with E-state index in [4.69, 9.17) is 0 Å². The maximum atomic E-state index is 12.0. The number of amides is 2. The number of hydrogen-bond acceptors (Lipinski definition) is 2. The van der Waals surface area contributed by atoms with Crippen LogP contribution < -0.4 is 10.6 Å². The topological polar surface area (TPSA) is 61.4 Å². The molecule has 4 nitrogen and oxygen atoms in total. The van der Waals surface area contributed by atoms with Gasteiger partial charge >= 0.3 is 6.03 Å². The fourth-order valence-corrected chi connectivity index (χ4v) is 2.43. The van der Waals surface area contributed by atoms with E-state index in [1.807, 2.05) is 32.0 Å². The van der Waals surface area contributed by atoms with Gasteiger partial charge in [0.2, 0.25) is 0 Å². The third-order valence-corrected chi connectivity index (χ3v) is 3.52. The van der Waals surface area contributed by atoms with Crippen LogP contribution in [-0.2, 0) is 0 Å². The van der Waals surface area contributed by atoms with Crippen LogP contribution >= 0.6 is 0 Å². The van der Waals surface area contributed by atoms with Crippen LogP contribution in [0.1, 0.15) is 51.2 Å². The summed E-state index contributed by atoms with van der Waals surface area (Å²) < 4.78 is 0. The van der Waals surface area contributed by atoms with Crippen LogP contribution in [0.4, 0.5) is 10.5 Å². The fourth-order valence-electron chi connectivity index (χ4n) is 2.43. The molecule has 0 aliphatic heterocycles. The minimum atomic E-state index is -0.339. The van der Waals surface area contributed by atoms with Crippen molar-refractivity contribution in [2.75, 3.05) is 11.9 Å². The summed E-state index contributed by atoms with van der Waals surface area (Å²) in [5.41, 5.74) is 3.10. The molecule has 21 heavy (non-hydrogen) atoms. The Morgan fingerprint density at radius 1 is 1.24 bits per heavy atom. The first-order valence-corrected chi connectivity index (χ1v) is 7.63. The molecule has 0 aromatic heterocycles. The lowest BCUT2D eigenvalue weighted by atomic mass is 9.98. The molecule has 2 atom stereocenters. The van der Waals surface area contributed by atoms with Gasteiger partial charge in [0, 0.05) is 12.2 Å². The number of rotatable bonds is 6. The van der Waals surface area contributed by atoms with Crippen molar-refractivity contribution >= 4 is 11.7 Å². The summed E-state index contributed by atoms with van der Waals surface area (Å²) in [6.07, 6.45) is 0.343. The average Bonchev–Trinajstić information content (AvgIpc) is 2.37. The average molecular weight is 292 g/mol. The SMILES string of the molecule is Cc1cccc(C(C)C)c1NC(=O)NCC(C)CC(C)O. The third kappa shape index (κ3) is 5.76. The molecule has 0 bridgehead atoms. The number of benzene rings is 1. The summed E-state index contributed by atoms with van der Waals surface area (Å²) in [7, 11) is 0. The predicted molar refractivity (Wildman–Crippen MR) is 87.8 cm³/mol. The first-order valence-electron chi connectivity index (χ1n) is 7.63. The Morgan fingerprint density at radius 2 is 1.90 bits per heavy atom. The largest absolute Gasteiger partial charge is 0.393 e. The van der Waals surface area contributed by atoms with Crippen molar-refractivity contribution in [1.29, 1.82) is 0 Å². The molecule has 118 valence electrons. The number of nitrogens with one attached hydrogen (secondary N) is 2. The summed E-state index contributed by atoms with van der Waals surface area (Å²) in [4.78, 5) is 12.0. The van der Waals surface area contributed by atoms with Gasteiger partial charge in [-0.2, -0.15) is 0 Å². The number of hydrogen-bond donors (Lipinski definition) is 3. The number of carbonyl (C=O) groups excluding carboxylic acids is 1. The first-order chi connectivity index (χ1) is 9.81. The molecule has 2 amide bonds. The molecule has 0 radical (unpaired) electrons. The molecule has 0 heterocycles. The smallest absolute Gasteiger partial charge is 0.319 e. The van der Waals surface area contributed by atoms with Gasteiger partial charge in [-0.3, -0.25) is 0 Å². The third-order valence-electron chi connectivity index (χ3n) is 3.52. The van der Waals surface area contributed by atoms with Crippen LogP contribution in [-0.4, -0.2) is 23.8 Å². The quantitative estimate of drug-likeness (QED) is 0.749. The molecule has 0 saturated heterocycles. The van der Waals surface area contributed by atoms with E-state index in [0.29, 0.717) is 18.9 Å². The number of aliphatic hydroxyl groups excluding tert-OH is 1. The zero-order valence-corrected chi connectivity index (χ0v) is 13.7. The molecule has 0 aliphatic carbocycles. The number of urea groups is 1. The molecule has 4 heteroatoms. The highest BCUT2D eigenvalue weighted by molar-refractivity contribution is 5.91. The molecule has 2 unspecified atom stereocenters. The summed E-state index contributed by atoms with van der Waals surface area (Å²) in [6, 6.07) is 5.86. The van der Waals surface area contributed by atoms with E-state index in [0.717, 1.165) is 16.8 Å². The summed E-state index contributed by atoms with van der Waals surface area (Å²) in [6.45, 7) is 10.6. The summed E-state index contributed by atoms with van der Waals surface area (Å²) in [5, 5.41) is 15.2. The highest BCUT2D eigenvalue weighted by Gasteiger charge is 2.13. The standard InChI is InChI=1S/C17H28N2O2/c1-11(2)15-8-6-7-13(4)16(15)19-17(21)18-10-12(3)9-14(5)20/h6-8,11-12,14,20H,9-10H2,1-5H3,(H2,18,19,21). The van der Waals surface area contributed by atoms with Gasteiger partial charge in [-0.15, -0.1) is 0 Å². The van der Waals surface area contributed by atoms with Crippen molar-refractivity contribution in [2.45, 2.75) is 53.1 Å². The van der Waals surface area contributed by atoms with Crippen LogP contribution in [0.3, 0.4) is 0 Å². The van der Waals surface area contributed by atoms with Crippen molar-refractivity contribution in [3.63, 3.8) is 0 Å². The van der Waals surface area contributed by atoms with Crippen molar-refractivity contribution in [1.82, 2.24) is 5.32 Å². The number of aryl methyl sites for hydroxylation is 1. The van der Waals surface area contributed by atoms with E-state index in [9.17, 15) is 9.90 Å². The van der Waals surface area contributed by atoms with E-state index in [1.54, 1.807) is 6.92 Å². The Hall–Kier alpha value is -1.55. The fraction of sp³-hybridized carbons (Fsp3) is 0.588. The second-order valence-electron chi connectivity index (χ2n) is 6.22. The van der Waals surface area contributed by atoms with E-state index in [2.05, 4.69) is 24.5 Å². The maximum absolute atomic E-state index is 12.0. The van der Waals surface area contributed by atoms with Gasteiger partial charge in [0.25, 0.3) is 0 Å². The zero-order valence-electron chi connectivity index (χ0n) is 13.7. The minimum Gasteiger partial charge on any atom is -0.393 e. The highest BCUT2D eigenvalue weighted by Crippen LogP contribution is 2.27. The van der Waals surface area contributed by atoms with Crippen molar-refractivity contribution in [3.8, 4) is 0 Å². The van der Waals surface area contributed by atoms with E-state index in [1.165, 1.54) is 0 Å². The molecule has 0 aliphatic rings. The molecule has 1 rings (SSSR count). The van der Waals surface area contributed by atoms with Crippen molar-refractivity contribution < 1.29 is 9.90 Å². The minimum absolute atomic E-state index is 0.191. The maximum Gasteiger partial charge on any atom is 0.319 e. The Morgan fingerprint density at radius 3 is 2.48 bits per heavy atom. The van der Waals surface area contributed by atoms with E-state index < -0.39 is 0 Å². The van der Waals surface area contributed by atoms with Gasteiger partial charge in [0.1, 0.15) is 0 Å². The van der Waals surface area contributed by atoms with Gasteiger partial charge in [-0.25, -0.2) is 4.79 Å². The first kappa shape index (κ1) is 17.5. The molecular formula is C17H28N2O2. The normalized spacial score (nSPS) is 13.9. The van der Waals surface area contributed by atoms with Gasteiger partial charge < -0.3 is 15.7 Å². The second-order valence-corrected chi connectivity index (χ2v) is 6.22. The molecule has 3 N–H and O–H groups in total. The van der Waals surface area contributed by atoms with Gasteiger partial charge in [-0.05, 0) is 43.2 Å². The van der Waals surface area contributed by atoms with E-state index in [-0.39, 0.29) is 18.1 Å². The molecular weight excluding hydrogens is 264 g/mol. The summed E-state index contributed by atoms with van der Waals surface area (Å²) in [5.74, 6) is 0.603. The van der Waals surface area contributed by atoms with Gasteiger partial charge in [-0.1, -0.05) is 39.0 Å². The lowest BCUT2D eigenvalue weighted by Gasteiger charge is -2.18.